The number of carbonyl (C=O) groups is 1. The number of aryl methyl sites for hydroxylation is 1. The van der Waals surface area contributed by atoms with E-state index in [4.69, 9.17) is 9.97 Å². The number of ketones is 1. The number of hydrogen-bond donors (Lipinski definition) is 1. The maximum Gasteiger partial charge on any atom is 0.162 e. The van der Waals surface area contributed by atoms with Crippen molar-refractivity contribution >= 4 is 61.6 Å². The molecule has 0 saturated heterocycles. The number of nitrogens with zero attached hydrogens (tertiary/aromatic N) is 3. The number of aliphatic hydroxyl groups is 1. The standard InChI is InChI=1S/C27H28N3SSi.C17H32O2.Ir/c1-16-8-9-17-12-18(13-21(23(17)30-16)27(2,3)4)24-26-25(29-15-28-24)20-11-10-19(32(5,6)7)14-22(20)31-26;1-10(2)16(11(3)4)14(18)9-15(19)17(12(5)6)13(7)8;/h8-11,13-15H,1-7H3;9-13,16-18H,1-8H3;/q-1;;/b;14-9-;. The summed E-state index contributed by atoms with van der Waals surface area (Å²) in [6, 6.07) is 16.9. The molecule has 3 aromatic heterocycles. The topological polar surface area (TPSA) is 76.0 Å². The van der Waals surface area contributed by atoms with Gasteiger partial charge in [-0.3, -0.25) is 14.8 Å². The number of benzene rings is 2. The number of carbonyl (C=O) groups excluding carboxylic acids is 1. The summed E-state index contributed by atoms with van der Waals surface area (Å²) < 4.78 is 2.42. The minimum absolute atomic E-state index is 0. The predicted octanol–water partition coefficient (Wildman–Crippen LogP) is 11.9. The Morgan fingerprint density at radius 2 is 1.44 bits per heavy atom. The van der Waals surface area contributed by atoms with Gasteiger partial charge in [0.2, 0.25) is 0 Å². The Hall–Kier alpha value is -2.77. The number of aliphatic hydroxyl groups excluding tert-OH is 1. The molecule has 8 heteroatoms. The van der Waals surface area contributed by atoms with E-state index in [1.807, 2.05) is 6.92 Å². The molecule has 5 rings (SSSR count). The molecule has 0 amide bonds. The first-order valence-corrected chi connectivity index (χ1v) is 22.9. The molecule has 0 aliphatic rings. The Labute approximate surface area is 331 Å². The van der Waals surface area contributed by atoms with Gasteiger partial charge in [-0.1, -0.05) is 136 Å². The van der Waals surface area contributed by atoms with Crippen LogP contribution in [0.1, 0.15) is 87.4 Å². The zero-order valence-electron chi connectivity index (χ0n) is 34.0. The van der Waals surface area contributed by atoms with E-state index in [1.54, 1.807) is 17.7 Å². The average Bonchev–Trinajstić information content (AvgIpc) is 3.37. The van der Waals surface area contributed by atoms with Crippen LogP contribution in [0.4, 0.5) is 0 Å². The summed E-state index contributed by atoms with van der Waals surface area (Å²) in [7, 11) is -1.38. The molecule has 1 N–H and O–H groups in total. The van der Waals surface area contributed by atoms with Crippen molar-refractivity contribution in [1.29, 1.82) is 0 Å². The third-order valence-corrected chi connectivity index (χ3v) is 13.1. The summed E-state index contributed by atoms with van der Waals surface area (Å²) in [6.07, 6.45) is 3.17. The number of rotatable bonds is 9. The van der Waals surface area contributed by atoms with Gasteiger partial charge in [-0.25, -0.2) is 4.98 Å². The summed E-state index contributed by atoms with van der Waals surface area (Å²) in [5.41, 5.74) is 6.24. The maximum absolute atomic E-state index is 12.3. The second kappa shape index (κ2) is 17.1. The van der Waals surface area contributed by atoms with E-state index in [2.05, 4.69) is 143 Å². The first kappa shape index (κ1) is 43.6. The molecule has 0 unspecified atom stereocenters. The van der Waals surface area contributed by atoms with E-state index in [-0.39, 0.29) is 48.9 Å². The van der Waals surface area contributed by atoms with Gasteiger partial charge in [0.25, 0.3) is 0 Å². The molecule has 52 heavy (non-hydrogen) atoms. The van der Waals surface area contributed by atoms with E-state index in [0.29, 0.717) is 23.7 Å². The van der Waals surface area contributed by atoms with Crippen LogP contribution >= 0.6 is 11.3 Å². The van der Waals surface area contributed by atoms with Crippen molar-refractivity contribution in [3.63, 3.8) is 0 Å². The molecule has 0 saturated carbocycles. The quantitative estimate of drug-likeness (QED) is 0.0690. The number of fused-ring (bicyclic) bond motifs is 4. The first-order chi connectivity index (χ1) is 23.6. The Bertz CT molecular complexity index is 2030. The number of pyridine rings is 1. The van der Waals surface area contributed by atoms with Crippen LogP contribution in [-0.2, 0) is 30.3 Å². The first-order valence-electron chi connectivity index (χ1n) is 18.6. The van der Waals surface area contributed by atoms with Gasteiger partial charge >= 0.3 is 0 Å². The molecule has 0 spiro atoms. The normalized spacial score (nSPS) is 12.9. The minimum atomic E-state index is -1.38. The van der Waals surface area contributed by atoms with Crippen LogP contribution in [0.3, 0.4) is 0 Å². The van der Waals surface area contributed by atoms with Crippen LogP contribution in [0.15, 0.2) is 54.6 Å². The van der Waals surface area contributed by atoms with Gasteiger partial charge in [-0.15, -0.1) is 29.5 Å². The van der Waals surface area contributed by atoms with Crippen LogP contribution in [0.5, 0.6) is 0 Å². The molecule has 0 aliphatic carbocycles. The Kier molecular flexibility index (Phi) is 14.4. The van der Waals surface area contributed by atoms with Gasteiger partial charge in [0, 0.05) is 69.7 Å². The van der Waals surface area contributed by atoms with Crippen molar-refractivity contribution < 1.29 is 30.0 Å². The van der Waals surface area contributed by atoms with Crippen molar-refractivity contribution in [2.45, 2.75) is 108 Å². The molecular formula is C44H60IrN3O2SSi-. The van der Waals surface area contributed by atoms with Gasteiger partial charge in [-0.05, 0) is 42.1 Å². The molecule has 5 aromatic rings. The molecule has 0 bridgehead atoms. The van der Waals surface area contributed by atoms with E-state index in [9.17, 15) is 9.90 Å². The van der Waals surface area contributed by atoms with E-state index in [0.717, 1.165) is 38.1 Å². The fraction of sp³-hybridized carbons (Fsp3) is 0.500. The van der Waals surface area contributed by atoms with Crippen molar-refractivity contribution in [2.75, 3.05) is 0 Å². The van der Waals surface area contributed by atoms with Gasteiger partial charge < -0.3 is 5.11 Å². The van der Waals surface area contributed by atoms with E-state index >= 15 is 0 Å². The largest absolute Gasteiger partial charge is 0.512 e. The molecule has 0 aliphatic heterocycles. The Morgan fingerprint density at radius 3 is 1.98 bits per heavy atom. The van der Waals surface area contributed by atoms with Crippen LogP contribution < -0.4 is 5.19 Å². The number of aromatic nitrogens is 3. The summed E-state index contributed by atoms with van der Waals surface area (Å²) in [5.74, 6) is 1.63. The van der Waals surface area contributed by atoms with Gasteiger partial charge in [0.05, 0.1) is 19.3 Å². The van der Waals surface area contributed by atoms with E-state index in [1.165, 1.54) is 26.9 Å². The fourth-order valence-corrected chi connectivity index (χ4v) is 9.87. The SMILES string of the molecule is CC(C)C(C(=O)/C=C(\O)C(C(C)C)C(C)C)C(C)C.Cc1ccc2[c-]c(-c3ncnc4c3sc3cc([Si](C)(C)C)ccc34)cc(C(C)(C)C)c2n1.[Ir]. The molecule has 5 nitrogen and oxygen atoms in total. The third kappa shape index (κ3) is 9.85. The number of hydrogen-bond acceptors (Lipinski definition) is 6. The van der Waals surface area contributed by atoms with Crippen molar-refractivity contribution in [1.82, 2.24) is 15.0 Å². The van der Waals surface area contributed by atoms with Crippen molar-refractivity contribution in [3.8, 4) is 11.3 Å². The van der Waals surface area contributed by atoms with Gasteiger partial charge in [0.15, 0.2) is 5.78 Å². The van der Waals surface area contributed by atoms with Crippen LogP contribution in [0.2, 0.25) is 19.6 Å². The van der Waals surface area contributed by atoms with Crippen molar-refractivity contribution in [3.05, 3.63) is 71.9 Å². The Balaban J connectivity index is 0.000000317. The maximum atomic E-state index is 12.3. The van der Waals surface area contributed by atoms with Crippen LogP contribution in [-0.4, -0.2) is 33.9 Å². The molecule has 1 radical (unpaired) electrons. The van der Waals surface area contributed by atoms with Crippen LogP contribution in [0, 0.1) is 48.5 Å². The zero-order valence-corrected chi connectivity index (χ0v) is 38.2. The Morgan fingerprint density at radius 1 is 0.846 bits per heavy atom. The zero-order chi connectivity index (χ0) is 38.2. The summed E-state index contributed by atoms with van der Waals surface area (Å²) in [4.78, 5) is 26.6. The number of thiophene rings is 1. The molecule has 0 atom stereocenters. The molecule has 3 heterocycles. The second-order valence-electron chi connectivity index (χ2n) is 17.7. The molecule has 0 fully saturated rings. The fourth-order valence-electron chi connectivity index (χ4n) is 7.41. The summed E-state index contributed by atoms with van der Waals surface area (Å²) in [6.45, 7) is 32.5. The van der Waals surface area contributed by atoms with Gasteiger partial charge in [0.1, 0.15) is 6.33 Å². The van der Waals surface area contributed by atoms with E-state index < -0.39 is 8.07 Å². The third-order valence-electron chi connectivity index (χ3n) is 9.86. The second-order valence-corrected chi connectivity index (χ2v) is 23.8. The monoisotopic (exact) mass is 915 g/mol. The average molecular weight is 915 g/mol. The molecule has 2 aromatic carbocycles. The number of allylic oxidation sites excluding steroid dienone is 2. The summed E-state index contributed by atoms with van der Waals surface area (Å²) >= 11 is 1.80. The summed E-state index contributed by atoms with van der Waals surface area (Å²) in [5, 5.41) is 14.0. The van der Waals surface area contributed by atoms with Gasteiger partial charge in [-0.2, -0.15) is 0 Å². The van der Waals surface area contributed by atoms with Crippen LogP contribution in [0.25, 0.3) is 42.5 Å². The molecular weight excluding hydrogens is 855 g/mol. The molecule has 283 valence electrons. The predicted molar refractivity (Wildman–Crippen MR) is 223 cm³/mol. The smallest absolute Gasteiger partial charge is 0.162 e. The minimum Gasteiger partial charge on any atom is -0.512 e. The van der Waals surface area contributed by atoms with Crippen molar-refractivity contribution in [2.24, 2.45) is 35.5 Å².